The molecule has 44 valence electrons. The van der Waals surface area contributed by atoms with Crippen LogP contribution in [0.4, 0.5) is 0 Å². The van der Waals surface area contributed by atoms with Crippen molar-refractivity contribution in [2.45, 2.75) is 0 Å². The van der Waals surface area contributed by atoms with E-state index in [1.165, 1.54) is 0 Å². The fourth-order valence-corrected chi connectivity index (χ4v) is 0.181. The average molecular weight is 115 g/mol. The molecule has 0 bridgehead atoms. The van der Waals surface area contributed by atoms with Gasteiger partial charge in [-0.25, -0.2) is 0 Å². The van der Waals surface area contributed by atoms with Crippen LogP contribution in [0.1, 0.15) is 0 Å². The molecule has 0 saturated carbocycles. The van der Waals surface area contributed by atoms with E-state index < -0.39 is 13.0 Å². The summed E-state index contributed by atoms with van der Waals surface area (Å²) in [4.78, 5) is 9.82. The molecule has 4 nitrogen and oxygen atoms in total. The smallest absolute Gasteiger partial charge is 0.424 e. The summed E-state index contributed by atoms with van der Waals surface area (Å²) in [6.07, 6.45) is 0.880. The van der Waals surface area contributed by atoms with Crippen molar-refractivity contribution < 1.29 is 14.8 Å². The van der Waals surface area contributed by atoms with E-state index in [4.69, 9.17) is 10.0 Å². The first-order valence-corrected chi connectivity index (χ1v) is 1.96. The van der Waals surface area contributed by atoms with E-state index in [2.05, 4.69) is 5.73 Å². The minimum atomic E-state index is -1.59. The summed E-state index contributed by atoms with van der Waals surface area (Å²) in [6, 6.07) is 0. The van der Waals surface area contributed by atoms with Gasteiger partial charge in [0.15, 0.2) is 0 Å². The Morgan fingerprint density at radius 3 is 2.25 bits per heavy atom. The van der Waals surface area contributed by atoms with Crippen LogP contribution in [0.3, 0.4) is 0 Å². The number of hydrogen-bond donors (Lipinski definition) is 3. The highest BCUT2D eigenvalue weighted by molar-refractivity contribution is 6.48. The normalized spacial score (nSPS) is 9.75. The quantitative estimate of drug-likeness (QED) is 0.288. The van der Waals surface area contributed by atoms with Crippen LogP contribution >= 0.6 is 0 Å². The van der Waals surface area contributed by atoms with E-state index in [0.717, 1.165) is 12.1 Å². The highest BCUT2D eigenvalue weighted by atomic mass is 16.4. The lowest BCUT2D eigenvalue weighted by Gasteiger charge is -1.81. The lowest BCUT2D eigenvalue weighted by Crippen LogP contribution is -2.11. The Kier molecular flexibility index (Phi) is 2.90. The molecule has 1 amide bonds. The Hall–Kier alpha value is -0.805. The molecule has 0 aliphatic rings. The summed E-state index contributed by atoms with van der Waals surface area (Å²) in [5.74, 6) is 0.181. The summed E-state index contributed by atoms with van der Waals surface area (Å²) in [6.45, 7) is 0. The Morgan fingerprint density at radius 1 is 1.62 bits per heavy atom. The molecule has 0 fully saturated rings. The molecule has 4 N–H and O–H groups in total. The van der Waals surface area contributed by atoms with Crippen LogP contribution in [0.5, 0.6) is 0 Å². The number of primary amides is 1. The molecule has 0 aliphatic heterocycles. The minimum Gasteiger partial charge on any atom is -0.424 e. The lowest BCUT2D eigenvalue weighted by molar-refractivity contribution is -0.113. The van der Waals surface area contributed by atoms with Crippen LogP contribution in [-0.4, -0.2) is 23.1 Å². The number of rotatable bonds is 2. The van der Waals surface area contributed by atoms with E-state index in [9.17, 15) is 4.79 Å². The van der Waals surface area contributed by atoms with E-state index in [-0.39, 0.29) is 0 Å². The second-order valence-corrected chi connectivity index (χ2v) is 1.18. The highest BCUT2D eigenvalue weighted by Crippen LogP contribution is 1.71. The molecule has 0 unspecified atom stereocenters. The molecule has 0 rings (SSSR count). The molecule has 0 aromatic carbocycles. The first kappa shape index (κ1) is 7.19. The molecule has 0 aliphatic carbocycles. The summed E-state index contributed by atoms with van der Waals surface area (Å²) in [7, 11) is -1.59. The number of carbonyl (C=O) groups is 1. The second kappa shape index (κ2) is 3.23. The van der Waals surface area contributed by atoms with Gasteiger partial charge in [0.25, 0.3) is 0 Å². The summed E-state index contributed by atoms with van der Waals surface area (Å²) in [5, 5.41) is 16.1. The average Bonchev–Trinajstić information content (AvgIpc) is 1.61. The molecule has 5 heteroatoms. The van der Waals surface area contributed by atoms with Gasteiger partial charge in [-0.2, -0.15) is 0 Å². The van der Waals surface area contributed by atoms with E-state index >= 15 is 0 Å². The minimum absolute atomic E-state index is 0.696. The van der Waals surface area contributed by atoms with Crippen molar-refractivity contribution in [2.75, 3.05) is 0 Å². The van der Waals surface area contributed by atoms with Crippen LogP contribution in [0, 0.1) is 0 Å². The maximum absolute atomic E-state index is 9.82. The predicted molar refractivity (Wildman–Crippen MR) is 28.5 cm³/mol. The van der Waals surface area contributed by atoms with Gasteiger partial charge in [-0.3, -0.25) is 4.79 Å². The molecule has 0 atom stereocenters. The van der Waals surface area contributed by atoms with Gasteiger partial charge in [-0.05, 0) is 12.1 Å². The first-order chi connectivity index (χ1) is 3.63. The van der Waals surface area contributed by atoms with Crippen molar-refractivity contribution >= 4 is 13.0 Å². The maximum Gasteiger partial charge on any atom is 0.480 e. The van der Waals surface area contributed by atoms with Gasteiger partial charge < -0.3 is 15.8 Å². The topological polar surface area (TPSA) is 83.6 Å². The highest BCUT2D eigenvalue weighted by Gasteiger charge is 1.97. The van der Waals surface area contributed by atoms with Gasteiger partial charge in [0.05, 0.1) is 0 Å². The Balaban J connectivity index is 3.50. The predicted octanol–water partition coefficient (Wildman–Crippen LogP) is -1.96. The van der Waals surface area contributed by atoms with Crippen molar-refractivity contribution in [1.29, 1.82) is 0 Å². The van der Waals surface area contributed by atoms with Gasteiger partial charge in [0.1, 0.15) is 0 Å². The van der Waals surface area contributed by atoms with E-state index in [1.54, 1.807) is 0 Å². The zero-order valence-corrected chi connectivity index (χ0v) is 4.11. The van der Waals surface area contributed by atoms with Gasteiger partial charge in [-0.1, -0.05) is 0 Å². The van der Waals surface area contributed by atoms with Crippen LogP contribution in [-0.2, 0) is 4.79 Å². The van der Waals surface area contributed by atoms with Crippen LogP contribution in [0.15, 0.2) is 12.1 Å². The first-order valence-electron chi connectivity index (χ1n) is 1.96. The van der Waals surface area contributed by atoms with Crippen LogP contribution in [0.2, 0.25) is 0 Å². The number of hydrogen-bond acceptors (Lipinski definition) is 3. The lowest BCUT2D eigenvalue weighted by atomic mass is 9.92. The largest absolute Gasteiger partial charge is 0.480 e. The summed E-state index contributed by atoms with van der Waals surface area (Å²) in [5.41, 5.74) is 4.59. The Bertz CT molecular complexity index is 111. The Morgan fingerprint density at radius 2 is 2.12 bits per heavy atom. The number of nitrogens with two attached hydrogens (primary N) is 1. The number of carbonyl (C=O) groups excluding carboxylic acids is 1. The van der Waals surface area contributed by atoms with Gasteiger partial charge in [0, 0.05) is 0 Å². The molecule has 0 saturated heterocycles. The number of amides is 1. The zero-order valence-electron chi connectivity index (χ0n) is 4.11. The van der Waals surface area contributed by atoms with Crippen molar-refractivity contribution in [3.8, 4) is 0 Å². The Labute approximate surface area is 46.8 Å². The molecule has 0 radical (unpaired) electrons. The van der Waals surface area contributed by atoms with Crippen molar-refractivity contribution in [3.63, 3.8) is 0 Å². The fourth-order valence-electron chi connectivity index (χ4n) is 0.181. The van der Waals surface area contributed by atoms with Crippen molar-refractivity contribution in [1.82, 2.24) is 0 Å². The van der Waals surface area contributed by atoms with E-state index in [0.29, 0.717) is 0 Å². The van der Waals surface area contributed by atoms with E-state index in [1.807, 2.05) is 0 Å². The standard InChI is InChI=1S/C3H6BNO3/c5-3(6)1-2-4(7)8/h1-2,7-8H,(H2,5,6). The molecule has 0 aromatic heterocycles. The van der Waals surface area contributed by atoms with Gasteiger partial charge >= 0.3 is 7.12 Å². The fraction of sp³-hybridized carbons (Fsp3) is 0. The molecular formula is C3H6BNO3. The van der Waals surface area contributed by atoms with Crippen molar-refractivity contribution in [3.05, 3.63) is 12.1 Å². The monoisotopic (exact) mass is 115 g/mol. The molecule has 8 heavy (non-hydrogen) atoms. The third-order valence-electron chi connectivity index (χ3n) is 0.433. The van der Waals surface area contributed by atoms with Gasteiger partial charge in [-0.15, -0.1) is 0 Å². The SMILES string of the molecule is NC(=O)C=CB(O)O. The molecule has 0 spiro atoms. The molecule has 0 heterocycles. The van der Waals surface area contributed by atoms with Gasteiger partial charge in [0.2, 0.25) is 5.91 Å². The zero-order chi connectivity index (χ0) is 6.57. The third-order valence-corrected chi connectivity index (χ3v) is 0.433. The van der Waals surface area contributed by atoms with Crippen molar-refractivity contribution in [2.24, 2.45) is 5.73 Å². The van der Waals surface area contributed by atoms with Crippen LogP contribution < -0.4 is 5.73 Å². The molecule has 0 aromatic rings. The third kappa shape index (κ3) is 5.19. The summed E-state index contributed by atoms with van der Waals surface area (Å²) >= 11 is 0. The molecular weight excluding hydrogens is 109 g/mol. The second-order valence-electron chi connectivity index (χ2n) is 1.18. The van der Waals surface area contributed by atoms with Crippen LogP contribution in [0.25, 0.3) is 0 Å². The summed E-state index contributed by atoms with van der Waals surface area (Å²) < 4.78 is 0. The maximum atomic E-state index is 9.82.